The van der Waals surface area contributed by atoms with Gasteiger partial charge in [0, 0.05) is 23.0 Å². The molecule has 150 valence electrons. The summed E-state index contributed by atoms with van der Waals surface area (Å²) in [5.41, 5.74) is 4.48. The highest BCUT2D eigenvalue weighted by Crippen LogP contribution is 2.43. The molecule has 3 aromatic rings. The lowest BCUT2D eigenvalue weighted by molar-refractivity contribution is 0.410. The Hall–Kier alpha value is -2.64. The number of rotatable bonds is 8. The second-order valence-electron chi connectivity index (χ2n) is 7.09. The number of benzene rings is 3. The van der Waals surface area contributed by atoms with Gasteiger partial charge in [-0.15, -0.1) is 0 Å². The summed E-state index contributed by atoms with van der Waals surface area (Å²) in [6.07, 6.45) is 4.01. The first-order chi connectivity index (χ1) is 14.1. The highest BCUT2D eigenvalue weighted by atomic mass is 31.1. The summed E-state index contributed by atoms with van der Waals surface area (Å²) in [5.74, 6) is 1.11. The van der Waals surface area contributed by atoms with Crippen molar-refractivity contribution in [2.45, 2.75) is 32.3 Å². The summed E-state index contributed by atoms with van der Waals surface area (Å²) in [5, 5.41) is 11.8. The van der Waals surface area contributed by atoms with Crippen molar-refractivity contribution in [3.8, 4) is 11.5 Å². The van der Waals surface area contributed by atoms with E-state index in [-0.39, 0.29) is 5.66 Å². The molecular weight excluding hydrogens is 377 g/mol. The summed E-state index contributed by atoms with van der Waals surface area (Å²) in [6.45, 7) is 4.28. The number of hydrogen-bond donors (Lipinski definition) is 1. The fourth-order valence-electron chi connectivity index (χ4n) is 3.30. The lowest BCUT2D eigenvalue weighted by Gasteiger charge is -2.20. The van der Waals surface area contributed by atoms with Crippen LogP contribution in [0, 0.1) is 6.92 Å². The van der Waals surface area contributed by atoms with Gasteiger partial charge >= 0.3 is 0 Å². The summed E-state index contributed by atoms with van der Waals surface area (Å²) in [4.78, 5) is 4.66. The Labute approximate surface area is 175 Å². The molecule has 0 spiro atoms. The molecule has 0 aliphatic heterocycles. The molecule has 4 heteroatoms. The highest BCUT2D eigenvalue weighted by Gasteiger charge is 2.18. The largest absolute Gasteiger partial charge is 0.508 e. The molecule has 0 aliphatic rings. The van der Waals surface area contributed by atoms with Gasteiger partial charge in [0.2, 0.25) is 0 Å². The number of ether oxygens (including phenoxy) is 1. The van der Waals surface area contributed by atoms with Crippen molar-refractivity contribution >= 4 is 25.8 Å². The molecule has 0 heterocycles. The predicted octanol–water partition coefficient (Wildman–Crippen LogP) is 6.31. The van der Waals surface area contributed by atoms with Crippen LogP contribution in [0.1, 0.15) is 42.1 Å². The van der Waals surface area contributed by atoms with Crippen LogP contribution in [0.3, 0.4) is 0 Å². The highest BCUT2D eigenvalue weighted by molar-refractivity contribution is 7.47. The van der Waals surface area contributed by atoms with Gasteiger partial charge in [0.1, 0.15) is 11.5 Å². The zero-order valence-electron chi connectivity index (χ0n) is 17.2. The first-order valence-corrected chi connectivity index (χ1v) is 11.0. The van der Waals surface area contributed by atoms with E-state index >= 15 is 0 Å². The lowest BCUT2D eigenvalue weighted by Crippen LogP contribution is -2.08. The standard InChI is InChI=1S/C25H28NO2P/c1-4-8-25(22-16-21(28-3)12-13-23(22)27)29-24-14-11-18(2)15-19(24)17-26-20-9-6-5-7-10-20/h5-7,9-17,25,27,29H,4,8H2,1-3H3/b26-17+. The molecule has 0 radical (unpaired) electrons. The number of aryl methyl sites for hydroxylation is 1. The quantitative estimate of drug-likeness (QED) is 0.353. The Morgan fingerprint density at radius 1 is 1.07 bits per heavy atom. The van der Waals surface area contributed by atoms with E-state index in [1.165, 1.54) is 10.9 Å². The van der Waals surface area contributed by atoms with Gasteiger partial charge in [-0.05, 0) is 55.0 Å². The second kappa shape index (κ2) is 10.2. The summed E-state index contributed by atoms with van der Waals surface area (Å²) in [6, 6.07) is 22.0. The van der Waals surface area contributed by atoms with Crippen molar-refractivity contribution in [2.75, 3.05) is 7.11 Å². The molecule has 1 N–H and O–H groups in total. The van der Waals surface area contributed by atoms with Crippen LogP contribution < -0.4 is 10.0 Å². The Balaban J connectivity index is 1.93. The molecule has 0 bridgehead atoms. The normalized spacial score (nSPS) is 12.7. The van der Waals surface area contributed by atoms with E-state index in [1.807, 2.05) is 42.6 Å². The van der Waals surface area contributed by atoms with E-state index in [9.17, 15) is 5.11 Å². The van der Waals surface area contributed by atoms with Crippen LogP contribution in [-0.4, -0.2) is 18.4 Å². The smallest absolute Gasteiger partial charge is 0.119 e. The van der Waals surface area contributed by atoms with E-state index in [0.29, 0.717) is 14.3 Å². The van der Waals surface area contributed by atoms with Crippen LogP contribution in [0.5, 0.6) is 11.5 Å². The molecule has 0 fully saturated rings. The van der Waals surface area contributed by atoms with Gasteiger partial charge in [0.15, 0.2) is 0 Å². The fourth-order valence-corrected chi connectivity index (χ4v) is 4.98. The SMILES string of the molecule is CCCC(Pc1ccc(C)cc1/C=N/c1ccccc1)c1cc(OC)ccc1O. The predicted molar refractivity (Wildman–Crippen MR) is 125 cm³/mol. The van der Waals surface area contributed by atoms with Gasteiger partial charge in [-0.25, -0.2) is 0 Å². The van der Waals surface area contributed by atoms with Crippen LogP contribution in [0.4, 0.5) is 5.69 Å². The molecule has 2 unspecified atom stereocenters. The number of aliphatic imine (C=N–C) groups is 1. The fraction of sp³-hybridized carbons (Fsp3) is 0.240. The minimum absolute atomic E-state index is 0.238. The Kier molecular flexibility index (Phi) is 7.43. The molecule has 3 nitrogen and oxygen atoms in total. The number of para-hydroxylation sites is 1. The van der Waals surface area contributed by atoms with Gasteiger partial charge in [-0.2, -0.15) is 0 Å². The summed E-state index contributed by atoms with van der Waals surface area (Å²) < 4.78 is 5.39. The van der Waals surface area contributed by atoms with Gasteiger partial charge in [0.25, 0.3) is 0 Å². The van der Waals surface area contributed by atoms with Gasteiger partial charge in [-0.1, -0.05) is 57.8 Å². The van der Waals surface area contributed by atoms with Crippen molar-refractivity contribution < 1.29 is 9.84 Å². The molecule has 0 saturated heterocycles. The van der Waals surface area contributed by atoms with Gasteiger partial charge in [0.05, 0.1) is 12.8 Å². The molecule has 29 heavy (non-hydrogen) atoms. The third kappa shape index (κ3) is 5.68. The van der Waals surface area contributed by atoms with Crippen molar-refractivity contribution in [3.05, 3.63) is 83.4 Å². The van der Waals surface area contributed by atoms with Crippen LogP contribution in [0.25, 0.3) is 0 Å². The van der Waals surface area contributed by atoms with E-state index < -0.39 is 0 Å². The van der Waals surface area contributed by atoms with Crippen LogP contribution in [0.2, 0.25) is 0 Å². The number of aromatic hydroxyl groups is 1. The zero-order valence-corrected chi connectivity index (χ0v) is 18.2. The maximum absolute atomic E-state index is 10.5. The molecule has 3 rings (SSSR count). The average Bonchev–Trinajstić information content (AvgIpc) is 2.74. The third-order valence-electron chi connectivity index (χ3n) is 4.83. The maximum Gasteiger partial charge on any atom is 0.119 e. The summed E-state index contributed by atoms with van der Waals surface area (Å²) >= 11 is 0. The Bertz CT molecular complexity index is 970. The molecule has 0 saturated carbocycles. The number of phenolic OH excluding ortho intramolecular Hbond substituents is 1. The molecule has 3 aromatic carbocycles. The van der Waals surface area contributed by atoms with Gasteiger partial charge in [-0.3, -0.25) is 4.99 Å². The van der Waals surface area contributed by atoms with Crippen molar-refractivity contribution in [3.63, 3.8) is 0 Å². The van der Waals surface area contributed by atoms with E-state index in [0.717, 1.165) is 35.4 Å². The molecule has 0 aliphatic carbocycles. The average molecular weight is 405 g/mol. The van der Waals surface area contributed by atoms with Crippen LogP contribution >= 0.6 is 8.58 Å². The topological polar surface area (TPSA) is 41.8 Å². The van der Waals surface area contributed by atoms with Gasteiger partial charge < -0.3 is 9.84 Å². The molecular formula is C25H28NO2P. The summed E-state index contributed by atoms with van der Waals surface area (Å²) in [7, 11) is 2.19. The maximum atomic E-state index is 10.5. The molecule has 2 atom stereocenters. The van der Waals surface area contributed by atoms with Crippen LogP contribution in [0.15, 0.2) is 71.7 Å². The minimum Gasteiger partial charge on any atom is -0.508 e. The Morgan fingerprint density at radius 3 is 2.59 bits per heavy atom. The Morgan fingerprint density at radius 2 is 1.86 bits per heavy atom. The number of nitrogens with zero attached hydrogens (tertiary/aromatic N) is 1. The van der Waals surface area contributed by atoms with E-state index in [1.54, 1.807) is 19.2 Å². The third-order valence-corrected chi connectivity index (χ3v) is 6.55. The van der Waals surface area contributed by atoms with E-state index in [4.69, 9.17) is 4.74 Å². The number of hydrogen-bond acceptors (Lipinski definition) is 3. The number of methoxy groups -OCH3 is 1. The van der Waals surface area contributed by atoms with Crippen molar-refractivity contribution in [1.82, 2.24) is 0 Å². The first-order valence-electron chi connectivity index (χ1n) is 9.94. The molecule has 0 aromatic heterocycles. The minimum atomic E-state index is 0.238. The monoisotopic (exact) mass is 405 g/mol. The zero-order chi connectivity index (χ0) is 20.6. The van der Waals surface area contributed by atoms with Crippen molar-refractivity contribution in [2.24, 2.45) is 4.99 Å². The molecule has 0 amide bonds. The lowest BCUT2D eigenvalue weighted by atomic mass is 10.1. The van der Waals surface area contributed by atoms with Crippen LogP contribution in [-0.2, 0) is 0 Å². The van der Waals surface area contributed by atoms with Crippen molar-refractivity contribution in [1.29, 1.82) is 0 Å². The first kappa shape index (κ1) is 21.1. The second-order valence-corrected chi connectivity index (χ2v) is 8.62. The van der Waals surface area contributed by atoms with E-state index in [2.05, 4.69) is 37.0 Å². The number of phenols is 1.